The molecule has 0 spiro atoms. The maximum Gasteiger partial charge on any atom is 0.416 e. The van der Waals surface area contributed by atoms with Crippen LogP contribution in [0.1, 0.15) is 91.0 Å². The molecule has 1 aromatic rings. The molecule has 6 nitrogen and oxygen atoms in total. The maximum absolute atomic E-state index is 12.5. The van der Waals surface area contributed by atoms with Crippen LogP contribution in [-0.4, -0.2) is 65.9 Å². The van der Waals surface area contributed by atoms with E-state index < -0.39 is 11.7 Å². The minimum atomic E-state index is -4.25. The number of carbonyl (C=O) groups is 2. The van der Waals surface area contributed by atoms with Gasteiger partial charge < -0.3 is 15.1 Å². The molecule has 0 radical (unpaired) electrons. The van der Waals surface area contributed by atoms with Gasteiger partial charge in [0.25, 0.3) is 0 Å². The van der Waals surface area contributed by atoms with Gasteiger partial charge in [0, 0.05) is 56.5 Å². The fraction of sp³-hybridized carbons (Fsp3) is 0.759. The van der Waals surface area contributed by atoms with Gasteiger partial charge in [-0.05, 0) is 51.8 Å². The number of hydrogen-bond acceptors (Lipinski definition) is 4. The van der Waals surface area contributed by atoms with E-state index in [1.54, 1.807) is 0 Å². The fourth-order valence-electron chi connectivity index (χ4n) is 4.30. The molecule has 9 heteroatoms. The monoisotopic (exact) mass is 542 g/mol. The summed E-state index contributed by atoms with van der Waals surface area (Å²) in [6, 6.07) is 2.02. The number of rotatable bonds is 7. The van der Waals surface area contributed by atoms with Gasteiger partial charge in [0.15, 0.2) is 0 Å². The lowest BCUT2D eigenvalue weighted by atomic mass is 9.88. The summed E-state index contributed by atoms with van der Waals surface area (Å²) in [7, 11) is 2.10. The summed E-state index contributed by atoms with van der Waals surface area (Å²) in [5.41, 5.74) is -0.664. The van der Waals surface area contributed by atoms with Gasteiger partial charge in [-0.25, -0.2) is 0 Å². The molecule has 2 aliphatic rings. The second-order valence-electron chi connectivity index (χ2n) is 10.6. The Morgan fingerprint density at radius 3 is 2.00 bits per heavy atom. The van der Waals surface area contributed by atoms with Crippen LogP contribution in [-0.2, 0) is 15.8 Å². The highest BCUT2D eigenvalue weighted by molar-refractivity contribution is 5.79. The van der Waals surface area contributed by atoms with Crippen LogP contribution in [0.4, 0.5) is 13.2 Å². The van der Waals surface area contributed by atoms with E-state index in [1.165, 1.54) is 32.1 Å². The Bertz CT molecular complexity index is 776. The molecule has 2 atom stereocenters. The zero-order chi connectivity index (χ0) is 28.6. The molecule has 2 fully saturated rings. The number of halogens is 3. The lowest BCUT2D eigenvalue weighted by Gasteiger charge is -2.34. The highest BCUT2D eigenvalue weighted by Gasteiger charge is 2.29. The molecule has 2 unspecified atom stereocenters. The molecule has 38 heavy (non-hydrogen) atoms. The van der Waals surface area contributed by atoms with Crippen molar-refractivity contribution in [3.8, 4) is 0 Å². The van der Waals surface area contributed by atoms with Crippen LogP contribution in [0.25, 0.3) is 0 Å². The molecule has 2 heterocycles. The van der Waals surface area contributed by atoms with Crippen LogP contribution >= 0.6 is 0 Å². The van der Waals surface area contributed by atoms with Crippen molar-refractivity contribution in [2.24, 2.45) is 11.8 Å². The number of carbonyl (C=O) groups excluding carboxylic acids is 2. The smallest absolute Gasteiger partial charge is 0.353 e. The average molecular weight is 543 g/mol. The van der Waals surface area contributed by atoms with Gasteiger partial charge in [0.2, 0.25) is 11.8 Å². The minimum absolute atomic E-state index is 0.0439. The largest absolute Gasteiger partial charge is 0.416 e. The van der Waals surface area contributed by atoms with Gasteiger partial charge in [-0.1, -0.05) is 52.9 Å². The predicted molar refractivity (Wildman–Crippen MR) is 146 cm³/mol. The summed E-state index contributed by atoms with van der Waals surface area (Å²) in [5.74, 6) is 0.752. The first-order valence-corrected chi connectivity index (χ1v) is 14.2. The molecule has 1 aromatic heterocycles. The highest BCUT2D eigenvalue weighted by atomic mass is 19.4. The summed E-state index contributed by atoms with van der Waals surface area (Å²) in [6.45, 7) is 12.1. The zero-order valence-corrected chi connectivity index (χ0v) is 24.0. The Hall–Kier alpha value is -2.16. The topological polar surface area (TPSA) is 65.5 Å². The Labute approximate surface area is 227 Å². The average Bonchev–Trinajstić information content (AvgIpc) is 2.92. The predicted octanol–water partition coefficient (Wildman–Crippen LogP) is 6.17. The van der Waals surface area contributed by atoms with Crippen molar-refractivity contribution in [1.29, 1.82) is 0 Å². The Morgan fingerprint density at radius 1 is 0.974 bits per heavy atom. The molecule has 1 N–H and O–H groups in total. The van der Waals surface area contributed by atoms with E-state index in [4.69, 9.17) is 0 Å². The van der Waals surface area contributed by atoms with Crippen LogP contribution in [0.3, 0.4) is 0 Å². The molecule has 1 aliphatic carbocycles. The number of alkyl halides is 3. The van der Waals surface area contributed by atoms with Gasteiger partial charge in [0.1, 0.15) is 0 Å². The maximum atomic E-state index is 12.5. The molecule has 1 aliphatic heterocycles. The molecule has 3 rings (SSSR count). The summed E-state index contributed by atoms with van der Waals surface area (Å²) in [5, 5.41) is 3.16. The SMILES string of the molecule is CC(CCC(C)C(=O)N1CCN(C)CC1)NC(=O)C1CCCCC1.CCCC.FC(F)(F)c1ccncc1. The van der Waals surface area contributed by atoms with Crippen molar-refractivity contribution < 1.29 is 22.8 Å². The number of piperazine rings is 1. The third kappa shape index (κ3) is 13.6. The van der Waals surface area contributed by atoms with Crippen LogP contribution in [0.5, 0.6) is 0 Å². The molecule has 0 bridgehead atoms. The van der Waals surface area contributed by atoms with Crippen LogP contribution in [0.2, 0.25) is 0 Å². The van der Waals surface area contributed by atoms with E-state index in [0.717, 1.165) is 76.4 Å². The van der Waals surface area contributed by atoms with Crippen molar-refractivity contribution in [2.75, 3.05) is 33.2 Å². The molecular formula is C29H49F3N4O2. The van der Waals surface area contributed by atoms with Gasteiger partial charge in [0.05, 0.1) is 5.56 Å². The van der Waals surface area contributed by atoms with Crippen molar-refractivity contribution in [2.45, 2.75) is 97.7 Å². The minimum Gasteiger partial charge on any atom is -0.353 e. The third-order valence-electron chi connectivity index (χ3n) is 7.14. The summed E-state index contributed by atoms with van der Waals surface area (Å²) in [6.07, 6.45) is 8.05. The number of amides is 2. The first-order chi connectivity index (χ1) is 18.0. The number of likely N-dealkylation sites (N-methyl/N-ethyl adjacent to an activating group) is 1. The van der Waals surface area contributed by atoms with Crippen LogP contribution in [0.15, 0.2) is 24.5 Å². The molecule has 218 valence electrons. The summed E-state index contributed by atoms with van der Waals surface area (Å²) < 4.78 is 35.3. The number of unbranched alkanes of at least 4 members (excludes halogenated alkanes) is 1. The van der Waals surface area contributed by atoms with Crippen molar-refractivity contribution in [3.63, 3.8) is 0 Å². The fourth-order valence-corrected chi connectivity index (χ4v) is 4.30. The molecule has 0 aromatic carbocycles. The lowest BCUT2D eigenvalue weighted by molar-refractivity contribution is -0.138. The first-order valence-electron chi connectivity index (χ1n) is 14.2. The Kier molecular flexibility index (Phi) is 16.2. The number of aromatic nitrogens is 1. The standard InChI is InChI=1S/C19H35N3O2.C6H4F3N.C4H10/c1-15(19(24)22-13-11-21(3)12-14-22)9-10-16(2)20-18(23)17-7-5-4-6-8-17;7-6(8,9)5-1-3-10-4-2-5;1-3-4-2/h15-17H,4-14H2,1-3H3,(H,20,23);1-4H;3-4H2,1-2H3. The number of pyridine rings is 1. The molecule has 2 amide bonds. The first kappa shape index (κ1) is 33.9. The van der Waals surface area contributed by atoms with E-state index in [-0.39, 0.29) is 29.7 Å². The van der Waals surface area contributed by atoms with E-state index in [2.05, 4.69) is 43.0 Å². The second kappa shape index (κ2) is 18.2. The summed E-state index contributed by atoms with van der Waals surface area (Å²) in [4.78, 5) is 32.5. The third-order valence-corrected chi connectivity index (χ3v) is 7.14. The van der Waals surface area contributed by atoms with Crippen molar-refractivity contribution >= 4 is 11.8 Å². The quantitative estimate of drug-likeness (QED) is 0.448. The Morgan fingerprint density at radius 2 is 1.53 bits per heavy atom. The van der Waals surface area contributed by atoms with Crippen molar-refractivity contribution in [1.82, 2.24) is 20.1 Å². The van der Waals surface area contributed by atoms with Gasteiger partial charge >= 0.3 is 6.18 Å². The van der Waals surface area contributed by atoms with Gasteiger partial charge in [-0.2, -0.15) is 13.2 Å². The van der Waals surface area contributed by atoms with Gasteiger partial charge in [-0.15, -0.1) is 0 Å². The molecular weight excluding hydrogens is 493 g/mol. The lowest BCUT2D eigenvalue weighted by Crippen LogP contribution is -2.48. The normalized spacial score (nSPS) is 18.3. The number of nitrogens with zero attached hydrogens (tertiary/aromatic N) is 3. The van der Waals surface area contributed by atoms with E-state index in [1.807, 2.05) is 11.8 Å². The van der Waals surface area contributed by atoms with E-state index in [9.17, 15) is 22.8 Å². The van der Waals surface area contributed by atoms with Crippen molar-refractivity contribution in [3.05, 3.63) is 30.1 Å². The zero-order valence-electron chi connectivity index (χ0n) is 24.0. The van der Waals surface area contributed by atoms with E-state index >= 15 is 0 Å². The molecule has 1 saturated heterocycles. The Balaban J connectivity index is 0.000000424. The number of nitrogens with one attached hydrogen (secondary N) is 1. The van der Waals surface area contributed by atoms with Crippen LogP contribution in [0, 0.1) is 11.8 Å². The highest BCUT2D eigenvalue weighted by Crippen LogP contribution is 2.28. The summed E-state index contributed by atoms with van der Waals surface area (Å²) >= 11 is 0. The van der Waals surface area contributed by atoms with Gasteiger partial charge in [-0.3, -0.25) is 14.6 Å². The number of hydrogen-bond donors (Lipinski definition) is 1. The van der Waals surface area contributed by atoms with E-state index in [0.29, 0.717) is 0 Å². The molecule has 1 saturated carbocycles. The second-order valence-corrected chi connectivity index (χ2v) is 10.6. The van der Waals surface area contributed by atoms with Crippen LogP contribution < -0.4 is 5.32 Å².